The van der Waals surface area contributed by atoms with E-state index in [4.69, 9.17) is 4.74 Å². The highest BCUT2D eigenvalue weighted by molar-refractivity contribution is 9.10. The average molecular weight is 465 g/mol. The van der Waals surface area contributed by atoms with Gasteiger partial charge in [0.15, 0.2) is 11.5 Å². The number of aromatic nitrogens is 2. The second-order valence-corrected chi connectivity index (χ2v) is 8.00. The van der Waals surface area contributed by atoms with Gasteiger partial charge in [-0.15, -0.1) is 0 Å². The summed E-state index contributed by atoms with van der Waals surface area (Å²) in [4.78, 5) is 35.3. The van der Waals surface area contributed by atoms with Crippen LogP contribution < -0.4 is 9.64 Å². The van der Waals surface area contributed by atoms with E-state index in [-0.39, 0.29) is 29.3 Å². The van der Waals surface area contributed by atoms with Crippen LogP contribution in [0, 0.1) is 0 Å². The molecule has 0 saturated carbocycles. The van der Waals surface area contributed by atoms with Crippen LogP contribution in [0.3, 0.4) is 0 Å². The lowest BCUT2D eigenvalue weighted by molar-refractivity contribution is -0.121. The van der Waals surface area contributed by atoms with Crippen LogP contribution >= 0.6 is 27.7 Å². The molecule has 10 heteroatoms. The number of benzene rings is 1. The first kappa shape index (κ1) is 20.2. The van der Waals surface area contributed by atoms with Crippen LogP contribution in [0.1, 0.15) is 11.1 Å². The number of hydrogen-bond acceptors (Lipinski definition) is 8. The van der Waals surface area contributed by atoms with Crippen molar-refractivity contribution >= 4 is 50.9 Å². The first-order valence-corrected chi connectivity index (χ1v) is 9.72. The van der Waals surface area contributed by atoms with Gasteiger partial charge in [-0.05, 0) is 35.5 Å². The number of ether oxygens (including phenoxy) is 1. The molecule has 2 heterocycles. The second kappa shape index (κ2) is 8.19. The molecular weight excluding hydrogens is 448 g/mol. The number of hydrogen-bond donors (Lipinski definition) is 1. The molecule has 1 aliphatic rings. The smallest absolute Gasteiger partial charge is 0.293 e. The third-order valence-corrected chi connectivity index (χ3v) is 5.49. The predicted molar refractivity (Wildman–Crippen MR) is 110 cm³/mol. The minimum absolute atomic E-state index is 0.0570. The van der Waals surface area contributed by atoms with Gasteiger partial charge in [-0.1, -0.05) is 15.9 Å². The molecule has 0 unspecified atom stereocenters. The Labute approximate surface area is 174 Å². The number of halogens is 1. The van der Waals surface area contributed by atoms with Gasteiger partial charge in [0, 0.05) is 43.6 Å². The summed E-state index contributed by atoms with van der Waals surface area (Å²) in [7, 11) is 5.13. The van der Waals surface area contributed by atoms with E-state index in [0.29, 0.717) is 20.9 Å². The Bertz CT molecular complexity index is 963. The van der Waals surface area contributed by atoms with Crippen LogP contribution in [0.15, 0.2) is 33.9 Å². The number of likely N-dealkylation sites (N-methyl/N-ethyl adjacent to an activating group) is 1. The molecule has 0 radical (unpaired) electrons. The molecule has 3 rings (SSSR count). The molecule has 146 valence electrons. The highest BCUT2D eigenvalue weighted by Crippen LogP contribution is 2.37. The van der Waals surface area contributed by atoms with Crippen LogP contribution in [0.5, 0.6) is 11.5 Å². The van der Waals surface area contributed by atoms with E-state index in [1.165, 1.54) is 13.1 Å². The normalized spacial score (nSPS) is 15.4. The minimum Gasteiger partial charge on any atom is -0.504 e. The highest BCUT2D eigenvalue weighted by Gasteiger charge is 2.32. The number of phenols is 1. The lowest BCUT2D eigenvalue weighted by Crippen LogP contribution is -2.22. The van der Waals surface area contributed by atoms with E-state index in [0.717, 1.165) is 22.2 Å². The van der Waals surface area contributed by atoms with Crippen LogP contribution in [0.2, 0.25) is 0 Å². The quantitative estimate of drug-likeness (QED) is 0.673. The number of thioether (sulfide) groups is 1. The summed E-state index contributed by atoms with van der Waals surface area (Å²) in [5.41, 5.74) is 1.34. The van der Waals surface area contributed by atoms with Gasteiger partial charge in [-0.3, -0.25) is 14.5 Å². The topological polar surface area (TPSA) is 95.9 Å². The minimum atomic E-state index is -0.365. The Balaban J connectivity index is 1.80. The van der Waals surface area contributed by atoms with Crippen LogP contribution in [0.4, 0.5) is 10.7 Å². The molecule has 1 aliphatic heterocycles. The number of carbonyl (C=O) groups is 2. The Kier molecular flexibility index (Phi) is 5.90. The van der Waals surface area contributed by atoms with Gasteiger partial charge in [0.1, 0.15) is 6.61 Å². The summed E-state index contributed by atoms with van der Waals surface area (Å²) in [6, 6.07) is 3.07. The zero-order valence-corrected chi connectivity index (χ0v) is 17.7. The van der Waals surface area contributed by atoms with Crippen molar-refractivity contribution in [1.29, 1.82) is 0 Å². The second-order valence-electron chi connectivity index (χ2n) is 6.16. The van der Waals surface area contributed by atoms with Crippen molar-refractivity contribution in [2.24, 2.45) is 0 Å². The molecule has 1 aromatic carbocycles. The zero-order valence-electron chi connectivity index (χ0n) is 15.3. The zero-order chi connectivity index (χ0) is 20.4. The monoisotopic (exact) mass is 464 g/mol. The summed E-state index contributed by atoms with van der Waals surface area (Å²) < 4.78 is 6.26. The molecule has 1 N–H and O–H groups in total. The standard InChI is InChI=1S/C18H17BrN4O4S/c1-22(2)17-20-7-10(8-21-17)9-27-14-4-11(12(19)6-13(14)24)5-15-16(25)23(3)18(26)28-15/h4-8,24H,9H2,1-3H3/b15-5-. The molecule has 2 aromatic rings. The average Bonchev–Trinajstić information content (AvgIpc) is 2.90. The predicted octanol–water partition coefficient (Wildman–Crippen LogP) is 3.26. The van der Waals surface area contributed by atoms with Crippen molar-refractivity contribution < 1.29 is 19.4 Å². The first-order valence-electron chi connectivity index (χ1n) is 8.11. The van der Waals surface area contributed by atoms with E-state index >= 15 is 0 Å². The van der Waals surface area contributed by atoms with Gasteiger partial charge >= 0.3 is 0 Å². The molecule has 28 heavy (non-hydrogen) atoms. The Hall–Kier alpha value is -2.59. The van der Waals surface area contributed by atoms with Gasteiger partial charge in [-0.2, -0.15) is 0 Å². The number of anilines is 1. The fraction of sp³-hybridized carbons (Fsp3) is 0.222. The number of carbonyl (C=O) groups excluding carboxylic acids is 2. The van der Waals surface area contributed by atoms with Gasteiger partial charge in [0.05, 0.1) is 4.91 Å². The molecule has 0 spiro atoms. The van der Waals surface area contributed by atoms with Gasteiger partial charge in [0.25, 0.3) is 11.1 Å². The highest BCUT2D eigenvalue weighted by atomic mass is 79.9. The maximum atomic E-state index is 12.1. The van der Waals surface area contributed by atoms with E-state index in [1.54, 1.807) is 29.4 Å². The van der Waals surface area contributed by atoms with Crippen LogP contribution in [-0.2, 0) is 11.4 Å². The number of aromatic hydroxyl groups is 1. The Morgan fingerprint density at radius 3 is 2.54 bits per heavy atom. The van der Waals surface area contributed by atoms with Crippen LogP contribution in [-0.4, -0.2) is 52.3 Å². The number of rotatable bonds is 5. The molecule has 0 atom stereocenters. The maximum Gasteiger partial charge on any atom is 0.293 e. The van der Waals surface area contributed by atoms with Crippen LogP contribution in [0.25, 0.3) is 6.08 Å². The molecule has 8 nitrogen and oxygen atoms in total. The van der Waals surface area contributed by atoms with E-state index in [1.807, 2.05) is 14.1 Å². The number of phenolic OH excluding ortho intramolecular Hbond substituents is 1. The van der Waals surface area contributed by atoms with Gasteiger partial charge in [-0.25, -0.2) is 9.97 Å². The van der Waals surface area contributed by atoms with Crippen molar-refractivity contribution in [3.8, 4) is 11.5 Å². The fourth-order valence-corrected chi connectivity index (χ4v) is 3.55. The lowest BCUT2D eigenvalue weighted by atomic mass is 10.2. The van der Waals surface area contributed by atoms with Gasteiger partial charge in [0.2, 0.25) is 5.95 Å². The molecule has 2 amide bonds. The third kappa shape index (κ3) is 4.28. The number of nitrogens with zero attached hydrogens (tertiary/aromatic N) is 4. The molecule has 0 aliphatic carbocycles. The third-order valence-electron chi connectivity index (χ3n) is 3.84. The summed E-state index contributed by atoms with van der Waals surface area (Å²) in [6.07, 6.45) is 4.88. The van der Waals surface area contributed by atoms with E-state index in [9.17, 15) is 14.7 Å². The number of amides is 2. The van der Waals surface area contributed by atoms with E-state index < -0.39 is 0 Å². The summed E-state index contributed by atoms with van der Waals surface area (Å²) >= 11 is 4.22. The van der Waals surface area contributed by atoms with Crippen molar-refractivity contribution in [3.63, 3.8) is 0 Å². The van der Waals surface area contributed by atoms with Gasteiger partial charge < -0.3 is 14.7 Å². The fourth-order valence-electron chi connectivity index (χ4n) is 2.29. The van der Waals surface area contributed by atoms with Crippen molar-refractivity contribution in [1.82, 2.24) is 14.9 Å². The lowest BCUT2D eigenvalue weighted by Gasteiger charge is -2.12. The summed E-state index contributed by atoms with van der Waals surface area (Å²) in [5.74, 6) is 0.401. The number of imide groups is 1. The molecule has 1 fully saturated rings. The van der Waals surface area contributed by atoms with Crippen molar-refractivity contribution in [2.45, 2.75) is 6.61 Å². The summed E-state index contributed by atoms with van der Waals surface area (Å²) in [5, 5.41) is 9.83. The first-order chi connectivity index (χ1) is 13.3. The van der Waals surface area contributed by atoms with Crippen molar-refractivity contribution in [3.05, 3.63) is 45.0 Å². The Morgan fingerprint density at radius 1 is 1.29 bits per heavy atom. The largest absolute Gasteiger partial charge is 0.504 e. The summed E-state index contributed by atoms with van der Waals surface area (Å²) in [6.45, 7) is 0.161. The van der Waals surface area contributed by atoms with E-state index in [2.05, 4.69) is 25.9 Å². The molecule has 1 saturated heterocycles. The molecule has 1 aromatic heterocycles. The molecule has 0 bridgehead atoms. The Morgan fingerprint density at radius 2 is 1.96 bits per heavy atom. The molecular formula is C18H17BrN4O4S. The van der Waals surface area contributed by atoms with Crippen molar-refractivity contribution in [2.75, 3.05) is 26.0 Å². The maximum absolute atomic E-state index is 12.1. The SMILES string of the molecule is CN1C(=O)S/C(=C\c2cc(OCc3cnc(N(C)C)nc3)c(O)cc2Br)C1=O.